The van der Waals surface area contributed by atoms with Crippen LogP contribution in [0.25, 0.3) is 0 Å². The summed E-state index contributed by atoms with van der Waals surface area (Å²) in [4.78, 5) is 0. The van der Waals surface area contributed by atoms with Crippen molar-refractivity contribution in [1.29, 1.82) is 0 Å². The molecule has 0 unspecified atom stereocenters. The minimum absolute atomic E-state index is 0. The number of nitrogens with zero attached hydrogens (tertiary/aromatic N) is 2. The van der Waals surface area contributed by atoms with Gasteiger partial charge in [0.1, 0.15) is 0 Å². The summed E-state index contributed by atoms with van der Waals surface area (Å²) in [5.41, 5.74) is 0. The molecular formula is C2H3GdN3. The third-order valence-electron chi connectivity index (χ3n) is 0.331. The number of aromatic nitrogens is 3. The number of hydrogen-bond acceptors (Lipinski definition) is 2. The zero-order valence-electron chi connectivity index (χ0n) is 2.90. The summed E-state index contributed by atoms with van der Waals surface area (Å²) in [6.07, 6.45) is 3.24. The third kappa shape index (κ3) is 1.79. The van der Waals surface area contributed by atoms with Crippen molar-refractivity contribution in [3.63, 3.8) is 0 Å². The summed E-state index contributed by atoms with van der Waals surface area (Å²) < 4.78 is 0. The van der Waals surface area contributed by atoms with Gasteiger partial charge >= 0.3 is 0 Å². The summed E-state index contributed by atoms with van der Waals surface area (Å²) in [6, 6.07) is 0. The molecule has 0 aliphatic heterocycles. The molecule has 0 saturated heterocycles. The molecule has 34 valence electrons. The molecule has 1 heterocycles. The molecule has 0 aliphatic rings. The molecule has 0 radical (unpaired) electrons. The van der Waals surface area contributed by atoms with E-state index in [0.29, 0.717) is 0 Å². The zero-order chi connectivity index (χ0) is 3.54. The van der Waals surface area contributed by atoms with E-state index in [4.69, 9.17) is 0 Å². The van der Waals surface area contributed by atoms with Crippen LogP contribution in [0.3, 0.4) is 0 Å². The average Bonchev–Trinajstić information content (AvgIpc) is 1.76. The minimum atomic E-state index is 0. The van der Waals surface area contributed by atoms with Gasteiger partial charge in [-0.2, -0.15) is 0 Å². The van der Waals surface area contributed by atoms with E-state index in [-0.39, 0.29) is 39.9 Å². The maximum atomic E-state index is 3.42. The maximum absolute atomic E-state index is 3.42. The SMILES string of the molecule is [Gd].c1c[nH]nn1. The molecular weight excluding hydrogens is 223 g/mol. The standard InChI is InChI=1S/C2H3N3.Gd/c1-2-4-5-3-1;/h1-2H,(H,3,4,5);. The van der Waals surface area contributed by atoms with Crippen LogP contribution in [-0.2, 0) is 0 Å². The molecule has 3 nitrogen and oxygen atoms in total. The van der Waals surface area contributed by atoms with Gasteiger partial charge in [-0.15, -0.1) is 5.10 Å². The maximum Gasteiger partial charge on any atom is 0.0690 e. The van der Waals surface area contributed by atoms with Crippen molar-refractivity contribution in [3.05, 3.63) is 12.4 Å². The minimum Gasteiger partial charge on any atom is -0.266 e. The fraction of sp³-hybridized carbons (Fsp3) is 0. The Morgan fingerprint density at radius 3 is 2.50 bits per heavy atom. The molecule has 0 atom stereocenters. The fourth-order valence-electron chi connectivity index (χ4n) is 0.167. The molecule has 0 fully saturated rings. The van der Waals surface area contributed by atoms with Crippen LogP contribution in [0.2, 0.25) is 0 Å². The molecule has 0 saturated carbocycles. The molecule has 1 N–H and O–H groups in total. The number of rotatable bonds is 0. The van der Waals surface area contributed by atoms with Crippen LogP contribution in [0.1, 0.15) is 0 Å². The number of aromatic amines is 1. The summed E-state index contributed by atoms with van der Waals surface area (Å²) in [7, 11) is 0. The summed E-state index contributed by atoms with van der Waals surface area (Å²) in [5.74, 6) is 0. The smallest absolute Gasteiger partial charge is 0.0690 e. The largest absolute Gasteiger partial charge is 0.266 e. The molecule has 0 bridgehead atoms. The Labute approximate surface area is 67.2 Å². The molecule has 1 rings (SSSR count). The first kappa shape index (κ1) is 6.46. The Hall–Kier alpha value is 0.465. The van der Waals surface area contributed by atoms with Gasteiger partial charge in [0.2, 0.25) is 0 Å². The van der Waals surface area contributed by atoms with Crippen LogP contribution in [0.5, 0.6) is 0 Å². The molecule has 0 aliphatic carbocycles. The van der Waals surface area contributed by atoms with Crippen LogP contribution >= 0.6 is 0 Å². The van der Waals surface area contributed by atoms with E-state index >= 15 is 0 Å². The second-order valence-corrected chi connectivity index (χ2v) is 0.660. The van der Waals surface area contributed by atoms with E-state index in [1.807, 2.05) is 0 Å². The van der Waals surface area contributed by atoms with Crippen LogP contribution in [0.4, 0.5) is 0 Å². The van der Waals surface area contributed by atoms with Crippen LogP contribution in [-0.4, -0.2) is 15.4 Å². The molecule has 1 aromatic heterocycles. The van der Waals surface area contributed by atoms with Crippen LogP contribution in [0.15, 0.2) is 12.4 Å². The van der Waals surface area contributed by atoms with Gasteiger partial charge in [0.05, 0.1) is 6.20 Å². The van der Waals surface area contributed by atoms with Gasteiger partial charge < -0.3 is 0 Å². The predicted octanol–water partition coefficient (Wildman–Crippen LogP) is -0.195. The van der Waals surface area contributed by atoms with Gasteiger partial charge in [-0.25, -0.2) is 0 Å². The van der Waals surface area contributed by atoms with Crippen molar-refractivity contribution < 1.29 is 39.9 Å². The number of nitrogens with one attached hydrogen (secondary N) is 1. The third-order valence-corrected chi connectivity index (χ3v) is 0.331. The fourth-order valence-corrected chi connectivity index (χ4v) is 0.167. The van der Waals surface area contributed by atoms with Gasteiger partial charge in [0.25, 0.3) is 0 Å². The first-order chi connectivity index (χ1) is 2.50. The summed E-state index contributed by atoms with van der Waals surface area (Å²) >= 11 is 0. The van der Waals surface area contributed by atoms with E-state index in [2.05, 4.69) is 15.4 Å². The zero-order valence-corrected chi connectivity index (χ0v) is 5.17. The van der Waals surface area contributed by atoms with Gasteiger partial charge in [-0.1, -0.05) is 5.21 Å². The monoisotopic (exact) mass is 227 g/mol. The van der Waals surface area contributed by atoms with E-state index in [0.717, 1.165) is 0 Å². The van der Waals surface area contributed by atoms with Crippen molar-refractivity contribution in [3.8, 4) is 0 Å². The van der Waals surface area contributed by atoms with Crippen molar-refractivity contribution >= 4 is 0 Å². The van der Waals surface area contributed by atoms with Crippen molar-refractivity contribution in [2.75, 3.05) is 0 Å². The molecule has 0 aromatic carbocycles. The van der Waals surface area contributed by atoms with Gasteiger partial charge in [0.15, 0.2) is 0 Å². The average molecular weight is 226 g/mol. The van der Waals surface area contributed by atoms with Crippen LogP contribution in [0, 0.1) is 39.9 Å². The molecule has 0 spiro atoms. The Balaban J connectivity index is 0.000000250. The van der Waals surface area contributed by atoms with E-state index in [9.17, 15) is 0 Å². The Kier molecular flexibility index (Phi) is 3.93. The topological polar surface area (TPSA) is 41.6 Å². The van der Waals surface area contributed by atoms with Crippen molar-refractivity contribution in [2.24, 2.45) is 0 Å². The van der Waals surface area contributed by atoms with Crippen molar-refractivity contribution in [2.45, 2.75) is 0 Å². The number of hydrogen-bond donors (Lipinski definition) is 1. The molecule has 1 aromatic rings. The Bertz CT molecular complexity index is 65.3. The summed E-state index contributed by atoms with van der Waals surface area (Å²) in [5, 5.41) is 9.26. The Morgan fingerprint density at radius 1 is 1.50 bits per heavy atom. The van der Waals surface area contributed by atoms with Gasteiger partial charge in [-0.05, 0) is 0 Å². The predicted molar refractivity (Wildman–Crippen MR) is 16.4 cm³/mol. The molecule has 0 amide bonds. The van der Waals surface area contributed by atoms with Crippen LogP contribution < -0.4 is 0 Å². The number of H-pyrrole nitrogens is 1. The van der Waals surface area contributed by atoms with Gasteiger partial charge in [0, 0.05) is 46.1 Å². The molecule has 4 heteroatoms. The van der Waals surface area contributed by atoms with E-state index < -0.39 is 0 Å². The first-order valence-electron chi connectivity index (χ1n) is 1.30. The quantitative estimate of drug-likeness (QED) is 0.666. The van der Waals surface area contributed by atoms with E-state index in [1.54, 1.807) is 12.4 Å². The first-order valence-corrected chi connectivity index (χ1v) is 1.30. The normalized spacial score (nSPS) is 6.67. The Morgan fingerprint density at radius 2 is 2.33 bits per heavy atom. The molecule has 6 heavy (non-hydrogen) atoms. The van der Waals surface area contributed by atoms with Gasteiger partial charge in [-0.3, -0.25) is 5.10 Å². The van der Waals surface area contributed by atoms with Crippen molar-refractivity contribution in [1.82, 2.24) is 15.4 Å². The van der Waals surface area contributed by atoms with E-state index in [1.165, 1.54) is 0 Å². The summed E-state index contributed by atoms with van der Waals surface area (Å²) in [6.45, 7) is 0. The second kappa shape index (κ2) is 3.65. The second-order valence-electron chi connectivity index (χ2n) is 0.660.